The van der Waals surface area contributed by atoms with Gasteiger partial charge in [-0.25, -0.2) is 0 Å². The van der Waals surface area contributed by atoms with Gasteiger partial charge in [0.05, 0.1) is 5.69 Å². The van der Waals surface area contributed by atoms with Gasteiger partial charge in [-0.05, 0) is 30.7 Å². The molecule has 4 heteroatoms. The Kier molecular flexibility index (Phi) is 2.40. The predicted molar refractivity (Wildman–Crippen MR) is 66.1 cm³/mol. The monoisotopic (exact) mass is 215 g/mol. The molecule has 1 heterocycles. The molecule has 4 nitrogen and oxygen atoms in total. The largest absolute Gasteiger partial charge is 0.399 e. The molecule has 16 heavy (non-hydrogen) atoms. The summed E-state index contributed by atoms with van der Waals surface area (Å²) in [6.45, 7) is 1.84. The summed E-state index contributed by atoms with van der Waals surface area (Å²) in [5, 5.41) is 0. The first-order valence-corrected chi connectivity index (χ1v) is 4.93. The molecule has 1 aromatic carbocycles. The normalized spacial score (nSPS) is 10.3. The molecule has 0 saturated heterocycles. The number of aromatic amines is 1. The highest BCUT2D eigenvalue weighted by Gasteiger charge is 2.05. The lowest BCUT2D eigenvalue weighted by atomic mass is 10.0. The Labute approximate surface area is 92.9 Å². The Morgan fingerprint density at radius 3 is 2.38 bits per heavy atom. The molecule has 0 aliphatic rings. The lowest BCUT2D eigenvalue weighted by Crippen LogP contribution is -2.13. The highest BCUT2D eigenvalue weighted by Crippen LogP contribution is 2.23. The molecule has 0 saturated carbocycles. The van der Waals surface area contributed by atoms with Gasteiger partial charge in [0.2, 0.25) is 0 Å². The first-order chi connectivity index (χ1) is 7.58. The molecule has 0 bridgehead atoms. The number of pyridine rings is 1. The number of rotatable bonds is 1. The van der Waals surface area contributed by atoms with E-state index in [4.69, 9.17) is 11.5 Å². The zero-order valence-electron chi connectivity index (χ0n) is 8.95. The molecule has 5 N–H and O–H groups in total. The average molecular weight is 215 g/mol. The molecule has 0 aliphatic carbocycles. The Hall–Kier alpha value is -2.23. The zero-order valence-corrected chi connectivity index (χ0v) is 8.95. The lowest BCUT2D eigenvalue weighted by Gasteiger charge is -2.07. The summed E-state index contributed by atoms with van der Waals surface area (Å²) >= 11 is 0. The maximum atomic E-state index is 11.3. The number of aryl methyl sites for hydroxylation is 1. The van der Waals surface area contributed by atoms with Gasteiger partial charge in [0.25, 0.3) is 5.56 Å². The van der Waals surface area contributed by atoms with Crippen LogP contribution in [0.25, 0.3) is 11.1 Å². The second-order valence-electron chi connectivity index (χ2n) is 3.71. The highest BCUT2D eigenvalue weighted by molar-refractivity contribution is 5.70. The fourth-order valence-electron chi connectivity index (χ4n) is 1.60. The van der Waals surface area contributed by atoms with Crippen LogP contribution in [0.15, 0.2) is 35.1 Å². The van der Waals surface area contributed by atoms with Crippen LogP contribution in [-0.4, -0.2) is 4.98 Å². The Morgan fingerprint density at radius 1 is 1.12 bits per heavy atom. The molecular formula is C12H13N3O. The lowest BCUT2D eigenvalue weighted by molar-refractivity contribution is 1.15. The number of H-pyrrole nitrogens is 1. The minimum Gasteiger partial charge on any atom is -0.399 e. The number of nitrogens with two attached hydrogens (primary N) is 2. The molecule has 0 atom stereocenters. The SMILES string of the molecule is Cc1[nH]c(=O)c(N)cc1-c1ccc(N)cc1. The number of nitrogens with one attached hydrogen (secondary N) is 1. The van der Waals surface area contributed by atoms with Gasteiger partial charge in [-0.2, -0.15) is 0 Å². The van der Waals surface area contributed by atoms with Crippen molar-refractivity contribution < 1.29 is 0 Å². The molecule has 1 aromatic heterocycles. The molecule has 0 radical (unpaired) electrons. The van der Waals surface area contributed by atoms with Crippen molar-refractivity contribution in [3.05, 3.63) is 46.4 Å². The van der Waals surface area contributed by atoms with Gasteiger partial charge >= 0.3 is 0 Å². The van der Waals surface area contributed by atoms with E-state index >= 15 is 0 Å². The van der Waals surface area contributed by atoms with Crippen LogP contribution in [0.2, 0.25) is 0 Å². The van der Waals surface area contributed by atoms with Crippen molar-refractivity contribution >= 4 is 11.4 Å². The van der Waals surface area contributed by atoms with E-state index in [2.05, 4.69) is 4.98 Å². The van der Waals surface area contributed by atoms with Crippen LogP contribution in [0.1, 0.15) is 5.69 Å². The van der Waals surface area contributed by atoms with E-state index in [1.54, 1.807) is 6.07 Å². The first-order valence-electron chi connectivity index (χ1n) is 4.93. The predicted octanol–water partition coefficient (Wildman–Crippen LogP) is 1.51. The van der Waals surface area contributed by atoms with Gasteiger partial charge in [-0.1, -0.05) is 12.1 Å². The van der Waals surface area contributed by atoms with Gasteiger partial charge in [-0.15, -0.1) is 0 Å². The Balaban J connectivity index is 2.60. The standard InChI is InChI=1S/C12H13N3O/c1-7-10(6-11(14)12(16)15-7)8-2-4-9(13)5-3-8/h2-6H,13-14H2,1H3,(H,15,16). The van der Waals surface area contributed by atoms with Crippen molar-refractivity contribution in [2.45, 2.75) is 6.92 Å². The maximum Gasteiger partial charge on any atom is 0.271 e. The molecule has 2 aromatic rings. The Bertz CT molecular complexity index is 570. The first kappa shape index (κ1) is 10.3. The van der Waals surface area contributed by atoms with Crippen molar-refractivity contribution in [3.63, 3.8) is 0 Å². The van der Waals surface area contributed by atoms with E-state index in [0.717, 1.165) is 16.8 Å². The second-order valence-corrected chi connectivity index (χ2v) is 3.71. The summed E-state index contributed by atoms with van der Waals surface area (Å²) in [6, 6.07) is 9.11. The maximum absolute atomic E-state index is 11.3. The number of hydrogen-bond acceptors (Lipinski definition) is 3. The van der Waals surface area contributed by atoms with Crippen LogP contribution in [0.4, 0.5) is 11.4 Å². The van der Waals surface area contributed by atoms with Gasteiger partial charge in [0.1, 0.15) is 0 Å². The van der Waals surface area contributed by atoms with Crippen molar-refractivity contribution in [2.75, 3.05) is 11.5 Å². The molecular weight excluding hydrogens is 202 g/mol. The third-order valence-corrected chi connectivity index (χ3v) is 2.49. The topological polar surface area (TPSA) is 84.9 Å². The smallest absolute Gasteiger partial charge is 0.271 e. The number of benzene rings is 1. The number of aromatic nitrogens is 1. The molecule has 2 rings (SSSR count). The summed E-state index contributed by atoms with van der Waals surface area (Å²) in [7, 11) is 0. The summed E-state index contributed by atoms with van der Waals surface area (Å²) in [5.74, 6) is 0. The van der Waals surface area contributed by atoms with E-state index in [0.29, 0.717) is 5.69 Å². The van der Waals surface area contributed by atoms with Crippen LogP contribution < -0.4 is 17.0 Å². The minimum atomic E-state index is -0.253. The van der Waals surface area contributed by atoms with Crippen molar-refractivity contribution in [3.8, 4) is 11.1 Å². The minimum absolute atomic E-state index is 0.220. The highest BCUT2D eigenvalue weighted by atomic mass is 16.1. The van der Waals surface area contributed by atoms with E-state index in [9.17, 15) is 4.79 Å². The van der Waals surface area contributed by atoms with Gasteiger partial charge in [0.15, 0.2) is 0 Å². The molecule has 82 valence electrons. The average Bonchev–Trinajstić information content (AvgIpc) is 2.25. The summed E-state index contributed by atoms with van der Waals surface area (Å²) in [5.41, 5.74) is 14.6. The van der Waals surface area contributed by atoms with Gasteiger partial charge in [-0.3, -0.25) is 4.79 Å². The van der Waals surface area contributed by atoms with E-state index in [-0.39, 0.29) is 11.2 Å². The third-order valence-electron chi connectivity index (χ3n) is 2.49. The van der Waals surface area contributed by atoms with Crippen molar-refractivity contribution in [1.29, 1.82) is 0 Å². The zero-order chi connectivity index (χ0) is 11.7. The van der Waals surface area contributed by atoms with E-state index in [1.165, 1.54) is 0 Å². The van der Waals surface area contributed by atoms with Crippen molar-refractivity contribution in [2.24, 2.45) is 0 Å². The van der Waals surface area contributed by atoms with Crippen LogP contribution in [0, 0.1) is 6.92 Å². The summed E-state index contributed by atoms with van der Waals surface area (Å²) in [6.07, 6.45) is 0. The number of hydrogen-bond donors (Lipinski definition) is 3. The van der Waals surface area contributed by atoms with Gasteiger partial charge < -0.3 is 16.5 Å². The summed E-state index contributed by atoms with van der Waals surface area (Å²) < 4.78 is 0. The van der Waals surface area contributed by atoms with Crippen molar-refractivity contribution in [1.82, 2.24) is 4.98 Å². The van der Waals surface area contributed by atoms with Gasteiger partial charge in [0, 0.05) is 16.9 Å². The molecule has 0 amide bonds. The molecule has 0 aliphatic heterocycles. The van der Waals surface area contributed by atoms with Crippen LogP contribution in [0.5, 0.6) is 0 Å². The van der Waals surface area contributed by atoms with E-state index < -0.39 is 0 Å². The second kappa shape index (κ2) is 3.73. The van der Waals surface area contributed by atoms with Crippen LogP contribution in [0.3, 0.4) is 0 Å². The van der Waals surface area contributed by atoms with Crippen LogP contribution >= 0.6 is 0 Å². The van der Waals surface area contributed by atoms with E-state index in [1.807, 2.05) is 31.2 Å². The molecule has 0 fully saturated rings. The third kappa shape index (κ3) is 1.77. The number of nitrogen functional groups attached to an aromatic ring is 2. The number of anilines is 2. The molecule has 0 unspecified atom stereocenters. The summed E-state index contributed by atoms with van der Waals surface area (Å²) in [4.78, 5) is 14.0. The quantitative estimate of drug-likeness (QED) is 0.630. The fourth-order valence-corrected chi connectivity index (χ4v) is 1.60. The molecule has 0 spiro atoms. The fraction of sp³-hybridized carbons (Fsp3) is 0.0833. The van der Waals surface area contributed by atoms with Crippen LogP contribution in [-0.2, 0) is 0 Å². The Morgan fingerprint density at radius 2 is 1.75 bits per heavy atom.